The zero-order chi connectivity index (χ0) is 52.4. The van der Waals surface area contributed by atoms with Crippen LogP contribution in [0, 0.1) is 0 Å². The number of ether oxygens (including phenoxy) is 4. The maximum Gasteiger partial charge on any atom is 0.220 e. The normalized spacial score (nSPS) is 25.5. The average Bonchev–Trinajstić information content (AvgIpc) is 3.38. The van der Waals surface area contributed by atoms with Gasteiger partial charge < -0.3 is 65.1 Å². The van der Waals surface area contributed by atoms with E-state index in [4.69, 9.17) is 18.9 Å². The van der Waals surface area contributed by atoms with Gasteiger partial charge in [-0.2, -0.15) is 0 Å². The van der Waals surface area contributed by atoms with Gasteiger partial charge >= 0.3 is 0 Å². The molecule has 428 valence electrons. The van der Waals surface area contributed by atoms with Gasteiger partial charge in [-0.15, -0.1) is 0 Å². The SMILES string of the molecule is CCCCCCCCCCCCCCCCCCCCCCCCCCCC(=O)NC(COC1OC(CO)C(OC2OC(CO)C(O)C(O)C2O)C(O)C1O)C(O)CCCCCCCCCCCCCCC. The summed E-state index contributed by atoms with van der Waals surface area (Å²) >= 11 is 0. The number of unbranched alkanes of at least 4 members (excludes halogenated alkanes) is 36. The first-order valence-corrected chi connectivity index (χ1v) is 30.3. The van der Waals surface area contributed by atoms with Crippen LogP contribution >= 0.6 is 0 Å². The first-order chi connectivity index (χ1) is 35.1. The maximum atomic E-state index is 13.3. The minimum atomic E-state index is -1.78. The van der Waals surface area contributed by atoms with E-state index in [0.717, 1.165) is 51.4 Å². The summed E-state index contributed by atoms with van der Waals surface area (Å²) in [5, 5.41) is 87.2. The predicted octanol–water partition coefficient (Wildman–Crippen LogP) is 10.1. The first kappa shape index (κ1) is 67.1. The summed E-state index contributed by atoms with van der Waals surface area (Å²) < 4.78 is 22.8. The molecule has 2 aliphatic heterocycles. The predicted molar refractivity (Wildman–Crippen MR) is 286 cm³/mol. The molecule has 2 aliphatic rings. The van der Waals surface area contributed by atoms with Crippen molar-refractivity contribution in [2.45, 2.75) is 344 Å². The van der Waals surface area contributed by atoms with Crippen molar-refractivity contribution >= 4 is 5.91 Å². The van der Waals surface area contributed by atoms with Gasteiger partial charge in [0, 0.05) is 6.42 Å². The number of hydrogen-bond donors (Lipinski definition) is 9. The number of nitrogens with one attached hydrogen (secondary N) is 1. The Morgan fingerprint density at radius 2 is 0.792 bits per heavy atom. The molecule has 2 rings (SSSR count). The van der Waals surface area contributed by atoms with Gasteiger partial charge in [-0.25, -0.2) is 0 Å². The fraction of sp³-hybridized carbons (Fsp3) is 0.983. The molecule has 1 amide bonds. The highest BCUT2D eigenvalue weighted by Gasteiger charge is 2.51. The molecule has 0 aromatic heterocycles. The van der Waals surface area contributed by atoms with E-state index >= 15 is 0 Å². The van der Waals surface area contributed by atoms with E-state index in [0.29, 0.717) is 12.8 Å². The van der Waals surface area contributed by atoms with Gasteiger partial charge in [0.2, 0.25) is 5.91 Å². The van der Waals surface area contributed by atoms with Gasteiger partial charge in [0.05, 0.1) is 32.0 Å². The van der Waals surface area contributed by atoms with Gasteiger partial charge in [-0.1, -0.05) is 251 Å². The molecule has 2 fully saturated rings. The van der Waals surface area contributed by atoms with Crippen LogP contribution < -0.4 is 5.32 Å². The minimum Gasteiger partial charge on any atom is -0.394 e. The van der Waals surface area contributed by atoms with E-state index in [-0.39, 0.29) is 12.5 Å². The van der Waals surface area contributed by atoms with Crippen LogP contribution in [0.5, 0.6) is 0 Å². The van der Waals surface area contributed by atoms with Gasteiger partial charge in [-0.05, 0) is 12.8 Å². The molecule has 12 atom stereocenters. The largest absolute Gasteiger partial charge is 0.394 e. The van der Waals surface area contributed by atoms with E-state index < -0.39 is 86.8 Å². The highest BCUT2D eigenvalue weighted by Crippen LogP contribution is 2.30. The van der Waals surface area contributed by atoms with Crippen LogP contribution in [0.25, 0.3) is 0 Å². The number of carbonyl (C=O) groups is 1. The molecule has 2 heterocycles. The molecule has 0 radical (unpaired) electrons. The third kappa shape index (κ3) is 30.7. The Morgan fingerprint density at radius 1 is 0.444 bits per heavy atom. The molecule has 2 saturated heterocycles. The van der Waals surface area contributed by atoms with Crippen LogP contribution in [0.1, 0.15) is 271 Å². The first-order valence-electron chi connectivity index (χ1n) is 30.3. The second kappa shape index (κ2) is 45.1. The second-order valence-corrected chi connectivity index (χ2v) is 21.8. The van der Waals surface area contributed by atoms with Crippen molar-refractivity contribution in [3.8, 4) is 0 Å². The standard InChI is InChI=1S/C58H113NO13/c1-3-5-7-9-11-13-15-17-18-19-20-21-22-23-24-25-26-27-28-30-32-34-36-38-40-42-50(63)59-46(47(62)41-39-37-35-33-31-29-16-14-12-10-8-6-4-2)45-69-57-55(68)53(66)56(49(44-61)71-57)72-58-54(67)52(65)51(64)48(43-60)70-58/h46-49,51-58,60-62,64-68H,3-45H2,1-2H3,(H,59,63). The van der Waals surface area contributed by atoms with Crippen molar-refractivity contribution in [2.24, 2.45) is 0 Å². The monoisotopic (exact) mass is 1030 g/mol. The molecule has 14 heteroatoms. The molecule has 14 nitrogen and oxygen atoms in total. The zero-order valence-corrected chi connectivity index (χ0v) is 46.0. The lowest BCUT2D eigenvalue weighted by Gasteiger charge is -2.46. The van der Waals surface area contributed by atoms with Crippen LogP contribution in [0.3, 0.4) is 0 Å². The minimum absolute atomic E-state index is 0.200. The summed E-state index contributed by atoms with van der Waals surface area (Å²) in [7, 11) is 0. The number of hydrogen-bond acceptors (Lipinski definition) is 13. The number of carbonyl (C=O) groups excluding carboxylic acids is 1. The Labute approximate surface area is 438 Å². The molecule has 0 aromatic carbocycles. The fourth-order valence-corrected chi connectivity index (χ4v) is 10.4. The van der Waals surface area contributed by atoms with Crippen molar-refractivity contribution in [1.29, 1.82) is 0 Å². The maximum absolute atomic E-state index is 13.3. The fourth-order valence-electron chi connectivity index (χ4n) is 10.4. The molecule has 0 bridgehead atoms. The van der Waals surface area contributed by atoms with Crippen LogP contribution in [-0.2, 0) is 23.7 Å². The lowest BCUT2D eigenvalue weighted by Crippen LogP contribution is -2.65. The summed E-state index contributed by atoms with van der Waals surface area (Å²) in [5.41, 5.74) is 0. The third-order valence-corrected chi connectivity index (χ3v) is 15.3. The van der Waals surface area contributed by atoms with E-state index in [1.54, 1.807) is 0 Å². The lowest BCUT2D eigenvalue weighted by atomic mass is 9.97. The van der Waals surface area contributed by atoms with Crippen molar-refractivity contribution in [2.75, 3.05) is 19.8 Å². The zero-order valence-electron chi connectivity index (χ0n) is 46.0. The average molecular weight is 1030 g/mol. The number of aliphatic hydroxyl groups is 8. The van der Waals surface area contributed by atoms with Crippen LogP contribution in [0.2, 0.25) is 0 Å². The molecule has 9 N–H and O–H groups in total. The Bertz CT molecular complexity index is 1220. The summed E-state index contributed by atoms with van der Waals surface area (Å²) in [6.07, 6.45) is 32.6. The summed E-state index contributed by atoms with van der Waals surface area (Å²) in [4.78, 5) is 13.3. The smallest absolute Gasteiger partial charge is 0.220 e. The van der Waals surface area contributed by atoms with E-state index in [9.17, 15) is 45.6 Å². The van der Waals surface area contributed by atoms with E-state index in [2.05, 4.69) is 19.2 Å². The third-order valence-electron chi connectivity index (χ3n) is 15.3. The molecule has 0 saturated carbocycles. The Kier molecular flexibility index (Phi) is 42.0. The van der Waals surface area contributed by atoms with Gasteiger partial charge in [0.1, 0.15) is 48.8 Å². The summed E-state index contributed by atoms with van der Waals surface area (Å²) in [6.45, 7) is 2.89. The van der Waals surface area contributed by atoms with Crippen molar-refractivity contribution < 1.29 is 64.6 Å². The molecule has 72 heavy (non-hydrogen) atoms. The summed E-state index contributed by atoms with van der Waals surface area (Å²) in [6, 6.07) is -0.822. The second-order valence-electron chi connectivity index (χ2n) is 21.8. The molecule has 0 spiro atoms. The van der Waals surface area contributed by atoms with E-state index in [1.807, 2.05) is 0 Å². The highest BCUT2D eigenvalue weighted by atomic mass is 16.7. The Balaban J connectivity index is 1.69. The number of amides is 1. The lowest BCUT2D eigenvalue weighted by molar-refractivity contribution is -0.359. The quantitative estimate of drug-likeness (QED) is 0.0259. The van der Waals surface area contributed by atoms with Crippen molar-refractivity contribution in [3.63, 3.8) is 0 Å². The van der Waals surface area contributed by atoms with Gasteiger partial charge in [-0.3, -0.25) is 4.79 Å². The molecule has 0 aromatic rings. The number of rotatable bonds is 49. The Hall–Kier alpha value is -1.01. The van der Waals surface area contributed by atoms with Gasteiger partial charge in [0.25, 0.3) is 0 Å². The highest BCUT2D eigenvalue weighted by molar-refractivity contribution is 5.76. The van der Waals surface area contributed by atoms with Crippen LogP contribution in [0.15, 0.2) is 0 Å². The van der Waals surface area contributed by atoms with Crippen molar-refractivity contribution in [3.05, 3.63) is 0 Å². The van der Waals surface area contributed by atoms with Crippen molar-refractivity contribution in [1.82, 2.24) is 5.32 Å². The molecular weight excluding hydrogens is 919 g/mol. The van der Waals surface area contributed by atoms with E-state index in [1.165, 1.54) is 193 Å². The molecule has 12 unspecified atom stereocenters. The molecule has 0 aliphatic carbocycles. The molecular formula is C58H113NO13. The van der Waals surface area contributed by atoms with Crippen LogP contribution in [-0.4, -0.2) is 140 Å². The van der Waals surface area contributed by atoms with Crippen LogP contribution in [0.4, 0.5) is 0 Å². The van der Waals surface area contributed by atoms with Gasteiger partial charge in [0.15, 0.2) is 12.6 Å². The Morgan fingerprint density at radius 3 is 1.18 bits per heavy atom. The topological polar surface area (TPSA) is 228 Å². The summed E-state index contributed by atoms with van der Waals surface area (Å²) in [5.74, 6) is -0.200. The number of aliphatic hydroxyl groups excluding tert-OH is 8.